The third-order valence-corrected chi connectivity index (χ3v) is 15.3. The molecule has 12 nitrogen and oxygen atoms in total. The van der Waals surface area contributed by atoms with E-state index in [1.54, 1.807) is 34.1 Å². The second-order valence-corrected chi connectivity index (χ2v) is 19.9. The molecule has 12 heteroatoms. The lowest BCUT2D eigenvalue weighted by molar-refractivity contribution is -0.133. The Kier molecular flexibility index (Phi) is 11.6. The van der Waals surface area contributed by atoms with E-state index in [-0.39, 0.29) is 109 Å². The van der Waals surface area contributed by atoms with Gasteiger partial charge in [-0.05, 0) is 72.2 Å². The van der Waals surface area contributed by atoms with Crippen molar-refractivity contribution in [3.8, 4) is 0 Å². The number of nitrogens with one attached hydrogen (secondary N) is 4. The molecule has 2 aliphatic heterocycles. The van der Waals surface area contributed by atoms with Crippen LogP contribution in [0.25, 0.3) is 0 Å². The number of carbonyl (C=O) groups excluding carboxylic acids is 6. The molecule has 12 atom stereocenters. The van der Waals surface area contributed by atoms with E-state index in [0.29, 0.717) is 11.1 Å². The van der Waals surface area contributed by atoms with E-state index in [0.717, 1.165) is 47.9 Å². The number of hydrogen-bond acceptors (Lipinski definition) is 6. The van der Waals surface area contributed by atoms with Crippen LogP contribution in [0.3, 0.4) is 0 Å². The van der Waals surface area contributed by atoms with E-state index in [9.17, 15) is 28.8 Å². The van der Waals surface area contributed by atoms with Crippen LogP contribution >= 0.6 is 0 Å². The first kappa shape index (κ1) is 43.5. The topological polar surface area (TPSA) is 157 Å². The molecule has 5 aromatic carbocycles. The Morgan fingerprint density at radius 2 is 0.544 bits per heavy atom. The van der Waals surface area contributed by atoms with Gasteiger partial charge in [0.1, 0.15) is 0 Å². The first-order valence-corrected chi connectivity index (χ1v) is 24.3. The van der Waals surface area contributed by atoms with Gasteiger partial charge in [-0.25, -0.2) is 0 Å². The van der Waals surface area contributed by atoms with Crippen molar-refractivity contribution in [2.75, 3.05) is 26.2 Å². The SMILES string of the molecule is O=C(N[C@@H]1C[C@H]1c1ccccc1)[C@H]1CN(C(=O)c2ccc(C(=O)N3C[C@@H](C(=O)N[C@H]4C[C@@H]4c4ccccc4)[C@H](C(=O)N[C@H]4C[C@@H]4c4ccccc4)C3)cc2)C[C@@H]1C(=O)N[C@@H]1C[C@H]1c1ccccc1. The molecule has 0 aromatic heterocycles. The fraction of sp³-hybridized carbons (Fsp3) is 0.357. The summed E-state index contributed by atoms with van der Waals surface area (Å²) in [5, 5.41) is 12.8. The van der Waals surface area contributed by atoms with Crippen LogP contribution in [0.4, 0.5) is 0 Å². The lowest BCUT2D eigenvalue weighted by Gasteiger charge is -2.18. The third-order valence-electron chi connectivity index (χ3n) is 15.3. The van der Waals surface area contributed by atoms with Gasteiger partial charge in [0.15, 0.2) is 0 Å². The van der Waals surface area contributed by atoms with Crippen molar-refractivity contribution in [2.45, 2.75) is 73.5 Å². The number of likely N-dealkylation sites (tertiary alicyclic amines) is 2. The average molecular weight is 909 g/mol. The van der Waals surface area contributed by atoms with E-state index in [1.165, 1.54) is 0 Å². The lowest BCUT2D eigenvalue weighted by Crippen LogP contribution is -2.43. The number of nitrogens with zero attached hydrogens (tertiary/aromatic N) is 2. The highest BCUT2D eigenvalue weighted by molar-refractivity contribution is 6.00. The van der Waals surface area contributed by atoms with Crippen LogP contribution in [-0.4, -0.2) is 95.6 Å². The van der Waals surface area contributed by atoms with E-state index in [1.807, 2.05) is 72.8 Å². The van der Waals surface area contributed by atoms with Gasteiger partial charge in [-0.2, -0.15) is 0 Å². The molecular weight excluding hydrogens is 853 g/mol. The molecule has 0 bridgehead atoms. The highest BCUT2D eigenvalue weighted by atomic mass is 16.2. The second-order valence-electron chi connectivity index (χ2n) is 19.9. The molecule has 0 radical (unpaired) electrons. The molecule has 0 unspecified atom stereocenters. The number of hydrogen-bond donors (Lipinski definition) is 4. The van der Waals surface area contributed by atoms with E-state index in [4.69, 9.17) is 0 Å². The van der Waals surface area contributed by atoms with Gasteiger partial charge >= 0.3 is 0 Å². The molecule has 6 aliphatic rings. The average Bonchev–Trinajstić information content (AvgIpc) is 4.31. The minimum atomic E-state index is -0.732. The summed E-state index contributed by atoms with van der Waals surface area (Å²) in [5.41, 5.74) is 5.30. The molecule has 11 rings (SSSR count). The summed E-state index contributed by atoms with van der Waals surface area (Å²) in [4.78, 5) is 87.5. The van der Waals surface area contributed by atoms with Crippen LogP contribution in [0.15, 0.2) is 146 Å². The minimum absolute atomic E-state index is 0.0327. The smallest absolute Gasteiger partial charge is 0.253 e. The molecule has 5 aromatic rings. The van der Waals surface area contributed by atoms with Gasteiger partial charge < -0.3 is 31.1 Å². The lowest BCUT2D eigenvalue weighted by atomic mass is 9.94. The maximum absolute atomic E-state index is 14.2. The maximum atomic E-state index is 14.2. The summed E-state index contributed by atoms with van der Waals surface area (Å²) < 4.78 is 0. The molecule has 4 saturated carbocycles. The van der Waals surface area contributed by atoms with Gasteiger partial charge in [-0.1, -0.05) is 121 Å². The molecule has 346 valence electrons. The fourth-order valence-corrected chi connectivity index (χ4v) is 11.0. The molecule has 68 heavy (non-hydrogen) atoms. The number of amides is 6. The van der Waals surface area contributed by atoms with Crippen molar-refractivity contribution >= 4 is 35.4 Å². The normalized spacial score (nSPS) is 29.6. The molecule has 2 heterocycles. The minimum Gasteiger partial charge on any atom is -0.352 e. The maximum Gasteiger partial charge on any atom is 0.253 e. The zero-order chi connectivity index (χ0) is 46.5. The van der Waals surface area contributed by atoms with Crippen LogP contribution in [0.1, 0.15) is 92.3 Å². The van der Waals surface area contributed by atoms with Gasteiger partial charge in [0.25, 0.3) is 11.8 Å². The highest BCUT2D eigenvalue weighted by Gasteiger charge is 2.51. The molecule has 2 saturated heterocycles. The van der Waals surface area contributed by atoms with Gasteiger partial charge in [0.2, 0.25) is 23.6 Å². The first-order valence-electron chi connectivity index (χ1n) is 24.3. The quantitative estimate of drug-likeness (QED) is 0.111. The van der Waals surface area contributed by atoms with Gasteiger partial charge in [-0.3, -0.25) is 28.8 Å². The van der Waals surface area contributed by atoms with E-state index in [2.05, 4.69) is 69.8 Å². The molecule has 4 aliphatic carbocycles. The van der Waals surface area contributed by atoms with Crippen LogP contribution < -0.4 is 21.3 Å². The van der Waals surface area contributed by atoms with Crippen molar-refractivity contribution < 1.29 is 28.8 Å². The molecule has 4 N–H and O–H groups in total. The zero-order valence-electron chi connectivity index (χ0n) is 37.8. The van der Waals surface area contributed by atoms with Crippen LogP contribution in [0, 0.1) is 23.7 Å². The first-order chi connectivity index (χ1) is 33.2. The third kappa shape index (κ3) is 9.16. The van der Waals surface area contributed by atoms with Crippen LogP contribution in [0.2, 0.25) is 0 Å². The summed E-state index contributed by atoms with van der Waals surface area (Å²) in [6.07, 6.45) is 3.27. The second kappa shape index (κ2) is 18.2. The summed E-state index contributed by atoms with van der Waals surface area (Å²) in [5.74, 6) is -3.68. The highest BCUT2D eigenvalue weighted by Crippen LogP contribution is 2.44. The monoisotopic (exact) mass is 908 g/mol. The predicted molar refractivity (Wildman–Crippen MR) is 255 cm³/mol. The summed E-state index contributed by atoms with van der Waals surface area (Å²) in [6.45, 7) is 0.331. The zero-order valence-corrected chi connectivity index (χ0v) is 37.8. The standard InChI is InChI=1S/C56H56N6O6/c63-51(57-47-25-39(47)33-13-5-1-6-14-33)43-29-61(30-44(43)52(64)58-48-26-40(48)34-15-7-2-8-16-34)55(67)37-21-23-38(24-22-37)56(68)62-31-45(53(65)59-49-27-41(49)35-17-9-3-10-18-35)46(32-62)54(66)60-50-28-42(50)36-19-11-4-12-20-36/h1-24,39-50H,25-32H2,(H,57,63)(H,58,64)(H,59,65)(H,60,66)/t39-,40-,41+,42+,43-,44-,45+,46+,47+,48+,49-,50-. The number of benzene rings is 5. The fourth-order valence-electron chi connectivity index (χ4n) is 11.0. The Morgan fingerprint density at radius 3 is 0.765 bits per heavy atom. The predicted octanol–water partition coefficient (Wildman–Crippen LogP) is 5.75. The Hall–Kier alpha value is -7.08. The van der Waals surface area contributed by atoms with E-state index >= 15 is 0 Å². The molecule has 6 fully saturated rings. The van der Waals surface area contributed by atoms with Crippen LogP contribution in [-0.2, 0) is 19.2 Å². The van der Waals surface area contributed by atoms with E-state index < -0.39 is 23.7 Å². The van der Waals surface area contributed by atoms with Gasteiger partial charge in [-0.15, -0.1) is 0 Å². The van der Waals surface area contributed by atoms with Crippen molar-refractivity contribution in [1.82, 2.24) is 31.1 Å². The van der Waals surface area contributed by atoms with Crippen LogP contribution in [0.5, 0.6) is 0 Å². The van der Waals surface area contributed by atoms with Crippen molar-refractivity contribution in [3.63, 3.8) is 0 Å². The molecular formula is C56H56N6O6. The Balaban J connectivity index is 0.756. The van der Waals surface area contributed by atoms with Crippen molar-refractivity contribution in [2.24, 2.45) is 23.7 Å². The van der Waals surface area contributed by atoms with Crippen molar-refractivity contribution in [3.05, 3.63) is 179 Å². The summed E-state index contributed by atoms with van der Waals surface area (Å²) in [6, 6.07) is 46.5. The van der Waals surface area contributed by atoms with Crippen molar-refractivity contribution in [1.29, 1.82) is 0 Å². The number of carbonyl (C=O) groups is 6. The molecule has 0 spiro atoms. The summed E-state index contributed by atoms with van der Waals surface area (Å²) in [7, 11) is 0. The Morgan fingerprint density at radius 1 is 0.324 bits per heavy atom. The number of rotatable bonds is 14. The molecule has 6 amide bonds. The van der Waals surface area contributed by atoms with Gasteiger partial charge in [0, 0.05) is 85.1 Å². The van der Waals surface area contributed by atoms with Gasteiger partial charge in [0.05, 0.1) is 23.7 Å². The largest absolute Gasteiger partial charge is 0.352 e. The Bertz CT molecular complexity index is 2370. The Labute approximate surface area is 396 Å². The summed E-state index contributed by atoms with van der Waals surface area (Å²) >= 11 is 0.